The number of aromatic nitrogens is 1. The third-order valence-corrected chi connectivity index (χ3v) is 3.75. The molecule has 1 amide bonds. The summed E-state index contributed by atoms with van der Waals surface area (Å²) in [6.45, 7) is 3.50. The molecular weight excluding hydrogens is 258 g/mol. The van der Waals surface area contributed by atoms with Gasteiger partial charge in [-0.1, -0.05) is 6.92 Å². The van der Waals surface area contributed by atoms with Gasteiger partial charge in [0, 0.05) is 25.3 Å². The van der Waals surface area contributed by atoms with Crippen LogP contribution in [0.5, 0.6) is 0 Å². The molecule has 0 bridgehead atoms. The molecule has 1 aliphatic heterocycles. The van der Waals surface area contributed by atoms with Crippen molar-refractivity contribution in [3.63, 3.8) is 0 Å². The van der Waals surface area contributed by atoms with Crippen LogP contribution < -0.4 is 0 Å². The number of carboxylic acids is 1. The Kier molecular flexibility index (Phi) is 4.04. The van der Waals surface area contributed by atoms with Crippen LogP contribution in [0.1, 0.15) is 27.8 Å². The molecule has 0 spiro atoms. The van der Waals surface area contributed by atoms with E-state index in [1.807, 2.05) is 14.1 Å². The van der Waals surface area contributed by atoms with Crippen LogP contribution >= 0.6 is 0 Å². The van der Waals surface area contributed by atoms with E-state index in [0.29, 0.717) is 30.7 Å². The summed E-state index contributed by atoms with van der Waals surface area (Å²) in [5.74, 6) is -0.774. The van der Waals surface area contributed by atoms with E-state index in [-0.39, 0.29) is 11.5 Å². The van der Waals surface area contributed by atoms with E-state index < -0.39 is 5.97 Å². The van der Waals surface area contributed by atoms with Crippen LogP contribution in [0.3, 0.4) is 0 Å². The van der Waals surface area contributed by atoms with Crippen LogP contribution in [0, 0.1) is 5.92 Å². The highest BCUT2D eigenvalue weighted by atomic mass is 16.4. The molecule has 1 aromatic rings. The van der Waals surface area contributed by atoms with Crippen LogP contribution in [0.2, 0.25) is 0 Å². The second kappa shape index (κ2) is 5.58. The van der Waals surface area contributed by atoms with Crippen molar-refractivity contribution in [2.24, 2.45) is 5.92 Å². The quantitative estimate of drug-likeness (QED) is 0.884. The highest BCUT2D eigenvalue weighted by Gasteiger charge is 2.34. The van der Waals surface area contributed by atoms with Crippen molar-refractivity contribution in [1.82, 2.24) is 14.8 Å². The molecule has 20 heavy (non-hydrogen) atoms. The van der Waals surface area contributed by atoms with Crippen LogP contribution in [0.15, 0.2) is 18.3 Å². The molecule has 1 saturated heterocycles. The highest BCUT2D eigenvalue weighted by Crippen LogP contribution is 2.21. The minimum Gasteiger partial charge on any atom is -0.478 e. The monoisotopic (exact) mass is 277 g/mol. The molecule has 0 aromatic carbocycles. The lowest BCUT2D eigenvalue weighted by Crippen LogP contribution is -2.36. The van der Waals surface area contributed by atoms with Gasteiger partial charge < -0.3 is 14.9 Å². The van der Waals surface area contributed by atoms with Crippen LogP contribution in [0.4, 0.5) is 0 Å². The molecule has 2 rings (SSSR count). The van der Waals surface area contributed by atoms with Crippen molar-refractivity contribution in [2.75, 3.05) is 27.2 Å². The SMILES string of the molecule is CC1CN(C(=O)c2ccc(C(=O)O)cn2)CC1N(C)C. The molecule has 1 N–H and O–H groups in total. The van der Waals surface area contributed by atoms with Gasteiger partial charge in [0.25, 0.3) is 5.91 Å². The summed E-state index contributed by atoms with van der Waals surface area (Å²) in [5, 5.41) is 8.82. The molecule has 6 nitrogen and oxygen atoms in total. The average Bonchev–Trinajstić information content (AvgIpc) is 2.80. The lowest BCUT2D eigenvalue weighted by molar-refractivity contribution is 0.0693. The summed E-state index contributed by atoms with van der Waals surface area (Å²) in [5.41, 5.74) is 0.379. The fourth-order valence-corrected chi connectivity index (χ4v) is 2.60. The number of likely N-dealkylation sites (N-methyl/N-ethyl adjacent to an activating group) is 1. The van der Waals surface area contributed by atoms with E-state index in [1.165, 1.54) is 18.3 Å². The van der Waals surface area contributed by atoms with Gasteiger partial charge in [0.05, 0.1) is 5.56 Å². The standard InChI is InChI=1S/C14H19N3O3/c1-9-7-17(8-12(9)16(2)3)13(18)11-5-4-10(6-15-11)14(19)20/h4-6,9,12H,7-8H2,1-3H3,(H,19,20). The van der Waals surface area contributed by atoms with Gasteiger partial charge in [0.15, 0.2) is 0 Å². The molecule has 0 radical (unpaired) electrons. The summed E-state index contributed by atoms with van der Waals surface area (Å²) in [4.78, 5) is 31.0. The normalized spacial score (nSPS) is 22.3. The van der Waals surface area contributed by atoms with Crippen LogP contribution in [-0.2, 0) is 0 Å². The fraction of sp³-hybridized carbons (Fsp3) is 0.500. The average molecular weight is 277 g/mol. The number of amides is 1. The molecule has 108 valence electrons. The molecule has 1 aliphatic rings. The molecule has 1 aromatic heterocycles. The van der Waals surface area contributed by atoms with Gasteiger partial charge in [0.2, 0.25) is 0 Å². The maximum absolute atomic E-state index is 12.3. The van der Waals surface area contributed by atoms with Crippen LogP contribution in [0.25, 0.3) is 0 Å². The molecule has 2 heterocycles. The second-order valence-corrected chi connectivity index (χ2v) is 5.46. The number of aromatic carboxylic acids is 1. The Labute approximate surface area is 118 Å². The van der Waals surface area contributed by atoms with Gasteiger partial charge in [-0.25, -0.2) is 4.79 Å². The minimum absolute atomic E-state index is 0.0857. The summed E-state index contributed by atoms with van der Waals surface area (Å²) >= 11 is 0. The number of nitrogens with zero attached hydrogens (tertiary/aromatic N) is 3. The fourth-order valence-electron chi connectivity index (χ4n) is 2.60. The summed E-state index contributed by atoms with van der Waals surface area (Å²) < 4.78 is 0. The first-order valence-electron chi connectivity index (χ1n) is 6.55. The number of hydrogen-bond acceptors (Lipinski definition) is 4. The smallest absolute Gasteiger partial charge is 0.337 e. The van der Waals surface area contributed by atoms with E-state index >= 15 is 0 Å². The Bertz CT molecular complexity index is 513. The number of carbonyl (C=O) groups is 2. The number of pyridine rings is 1. The Morgan fingerprint density at radius 1 is 1.35 bits per heavy atom. The Morgan fingerprint density at radius 2 is 2.05 bits per heavy atom. The minimum atomic E-state index is -1.04. The maximum atomic E-state index is 12.3. The predicted octanol–water partition coefficient (Wildman–Crippen LogP) is 0.802. The van der Waals surface area contributed by atoms with E-state index in [4.69, 9.17) is 5.11 Å². The second-order valence-electron chi connectivity index (χ2n) is 5.46. The molecule has 6 heteroatoms. The van der Waals surface area contributed by atoms with E-state index in [9.17, 15) is 9.59 Å². The molecule has 0 saturated carbocycles. The zero-order chi connectivity index (χ0) is 14.9. The summed E-state index contributed by atoms with van der Waals surface area (Å²) in [6, 6.07) is 3.22. The lowest BCUT2D eigenvalue weighted by atomic mass is 10.1. The van der Waals surface area contributed by atoms with Crippen molar-refractivity contribution in [1.29, 1.82) is 0 Å². The van der Waals surface area contributed by atoms with Gasteiger partial charge in [-0.2, -0.15) is 0 Å². The van der Waals surface area contributed by atoms with E-state index in [1.54, 1.807) is 4.90 Å². The van der Waals surface area contributed by atoms with Gasteiger partial charge in [0.1, 0.15) is 5.69 Å². The summed E-state index contributed by atoms with van der Waals surface area (Å²) in [6.07, 6.45) is 1.22. The van der Waals surface area contributed by atoms with Crippen molar-refractivity contribution in [3.05, 3.63) is 29.6 Å². The molecule has 2 unspecified atom stereocenters. The van der Waals surface area contributed by atoms with E-state index in [2.05, 4.69) is 16.8 Å². The molecule has 0 aliphatic carbocycles. The van der Waals surface area contributed by atoms with Crippen molar-refractivity contribution in [2.45, 2.75) is 13.0 Å². The molecule has 2 atom stereocenters. The molecule has 1 fully saturated rings. The van der Waals surface area contributed by atoms with Gasteiger partial charge >= 0.3 is 5.97 Å². The maximum Gasteiger partial charge on any atom is 0.337 e. The topological polar surface area (TPSA) is 73.7 Å². The first-order valence-corrected chi connectivity index (χ1v) is 6.55. The Morgan fingerprint density at radius 3 is 2.50 bits per heavy atom. The number of carboxylic acid groups (broad SMARTS) is 1. The van der Waals surface area contributed by atoms with E-state index in [0.717, 1.165) is 0 Å². The zero-order valence-corrected chi connectivity index (χ0v) is 11.9. The lowest BCUT2D eigenvalue weighted by Gasteiger charge is -2.22. The molecular formula is C14H19N3O3. The van der Waals surface area contributed by atoms with Gasteiger partial charge in [-0.3, -0.25) is 9.78 Å². The Balaban J connectivity index is 2.10. The predicted molar refractivity (Wildman–Crippen MR) is 73.7 cm³/mol. The van der Waals surface area contributed by atoms with Gasteiger partial charge in [-0.15, -0.1) is 0 Å². The zero-order valence-electron chi connectivity index (χ0n) is 11.9. The number of hydrogen-bond donors (Lipinski definition) is 1. The largest absolute Gasteiger partial charge is 0.478 e. The third kappa shape index (κ3) is 2.80. The van der Waals surface area contributed by atoms with Crippen molar-refractivity contribution in [3.8, 4) is 0 Å². The number of carbonyl (C=O) groups excluding carboxylic acids is 1. The summed E-state index contributed by atoms with van der Waals surface area (Å²) in [7, 11) is 4.02. The van der Waals surface area contributed by atoms with Crippen molar-refractivity contribution < 1.29 is 14.7 Å². The first kappa shape index (κ1) is 14.5. The van der Waals surface area contributed by atoms with Crippen molar-refractivity contribution >= 4 is 11.9 Å². The number of rotatable bonds is 3. The first-order chi connectivity index (χ1) is 9.40. The highest BCUT2D eigenvalue weighted by molar-refractivity contribution is 5.94. The third-order valence-electron chi connectivity index (χ3n) is 3.75. The van der Waals surface area contributed by atoms with Gasteiger partial charge in [-0.05, 0) is 32.1 Å². The van der Waals surface area contributed by atoms with Crippen LogP contribution in [-0.4, -0.2) is 65.0 Å². The Hall–Kier alpha value is -1.95. The number of likely N-dealkylation sites (tertiary alicyclic amines) is 1.